The monoisotopic (exact) mass is 380 g/mol. The number of aryl methyl sites for hydroxylation is 2. The maximum Gasteiger partial charge on any atom is 0.321 e. The van der Waals surface area contributed by atoms with Gasteiger partial charge in [-0.05, 0) is 62.3 Å². The smallest absolute Gasteiger partial charge is 0.321 e. The molecule has 150 valence electrons. The van der Waals surface area contributed by atoms with Crippen molar-refractivity contribution < 1.29 is 14.3 Å². The summed E-state index contributed by atoms with van der Waals surface area (Å²) in [5.41, 5.74) is 3.53. The highest BCUT2D eigenvalue weighted by Gasteiger charge is 2.35. The lowest BCUT2D eigenvalue weighted by atomic mass is 9.81. The number of Topliss-reactive ketones (excluding diaryl/α,β-unsaturated/α-hetero) is 1. The summed E-state index contributed by atoms with van der Waals surface area (Å²) in [7, 11) is 0. The van der Waals surface area contributed by atoms with E-state index in [1.54, 1.807) is 12.1 Å². The second kappa shape index (κ2) is 7.90. The maximum absolute atomic E-state index is 13.6. The summed E-state index contributed by atoms with van der Waals surface area (Å²) in [5, 5.41) is 0. The molecule has 0 aliphatic heterocycles. The van der Waals surface area contributed by atoms with Crippen molar-refractivity contribution in [1.29, 1.82) is 0 Å². The van der Waals surface area contributed by atoms with Gasteiger partial charge in [-0.15, -0.1) is 0 Å². The third kappa shape index (κ3) is 5.09. The molecule has 28 heavy (non-hydrogen) atoms. The zero-order chi connectivity index (χ0) is 21.3. The molecule has 0 aliphatic rings. The van der Waals surface area contributed by atoms with Gasteiger partial charge >= 0.3 is 5.97 Å². The van der Waals surface area contributed by atoms with Crippen LogP contribution in [0.1, 0.15) is 80.1 Å². The van der Waals surface area contributed by atoms with E-state index < -0.39 is 17.5 Å². The van der Waals surface area contributed by atoms with Crippen molar-refractivity contribution in [2.75, 3.05) is 0 Å². The van der Waals surface area contributed by atoms with E-state index in [2.05, 4.69) is 32.9 Å². The van der Waals surface area contributed by atoms with Crippen LogP contribution in [0.2, 0.25) is 0 Å². The number of hydrogen-bond donors (Lipinski definition) is 0. The van der Waals surface area contributed by atoms with Gasteiger partial charge in [-0.1, -0.05) is 63.2 Å². The number of carbonyl (C=O) groups excluding carboxylic acids is 2. The largest absolute Gasteiger partial charge is 0.459 e. The molecule has 2 aromatic carbocycles. The summed E-state index contributed by atoms with van der Waals surface area (Å²) in [6.07, 6.45) is 0. The van der Waals surface area contributed by atoms with Gasteiger partial charge in [-0.3, -0.25) is 9.59 Å². The SMILES string of the molecule is Cc1cc(C(C)(C)C)cc(C)c1C(=O)C(C(=O)OC(C)(C)C)c1ccccc1. The fourth-order valence-corrected chi connectivity index (χ4v) is 3.33. The fourth-order valence-electron chi connectivity index (χ4n) is 3.33. The van der Waals surface area contributed by atoms with Crippen LogP contribution in [0.3, 0.4) is 0 Å². The summed E-state index contributed by atoms with van der Waals surface area (Å²) >= 11 is 0. The van der Waals surface area contributed by atoms with Crippen LogP contribution in [0.25, 0.3) is 0 Å². The van der Waals surface area contributed by atoms with Crippen LogP contribution in [0.4, 0.5) is 0 Å². The molecular formula is C25H32O3. The summed E-state index contributed by atoms with van der Waals surface area (Å²) in [6, 6.07) is 13.3. The molecule has 0 fully saturated rings. The highest BCUT2D eigenvalue weighted by molar-refractivity contribution is 6.14. The minimum absolute atomic E-state index is 0.0128. The molecule has 0 aromatic heterocycles. The Bertz CT molecular complexity index is 842. The first kappa shape index (κ1) is 21.9. The van der Waals surface area contributed by atoms with Gasteiger partial charge in [0.1, 0.15) is 11.5 Å². The first-order chi connectivity index (χ1) is 12.8. The Morgan fingerprint density at radius 3 is 1.79 bits per heavy atom. The van der Waals surface area contributed by atoms with Gasteiger partial charge < -0.3 is 4.74 Å². The van der Waals surface area contributed by atoms with Gasteiger partial charge in [0.25, 0.3) is 0 Å². The number of esters is 1. The first-order valence-electron chi connectivity index (χ1n) is 9.75. The van der Waals surface area contributed by atoms with Crippen molar-refractivity contribution in [2.24, 2.45) is 0 Å². The van der Waals surface area contributed by atoms with Crippen molar-refractivity contribution >= 4 is 11.8 Å². The van der Waals surface area contributed by atoms with Gasteiger partial charge in [-0.25, -0.2) is 0 Å². The van der Waals surface area contributed by atoms with Crippen LogP contribution in [0.5, 0.6) is 0 Å². The number of rotatable bonds is 4. The number of ether oxygens (including phenoxy) is 1. The van der Waals surface area contributed by atoms with Crippen LogP contribution < -0.4 is 0 Å². The minimum atomic E-state index is -0.974. The van der Waals surface area contributed by atoms with E-state index in [0.717, 1.165) is 11.1 Å². The second-order valence-electron chi connectivity index (χ2n) is 9.48. The lowest BCUT2D eigenvalue weighted by Gasteiger charge is -2.26. The molecule has 0 radical (unpaired) electrons. The van der Waals surface area contributed by atoms with Gasteiger partial charge in [-0.2, -0.15) is 0 Å². The molecule has 2 aromatic rings. The molecule has 0 heterocycles. The fraction of sp³-hybridized carbons (Fsp3) is 0.440. The molecule has 1 unspecified atom stereocenters. The molecule has 0 saturated carbocycles. The Morgan fingerprint density at radius 1 is 0.857 bits per heavy atom. The standard InChI is InChI=1S/C25H32O3/c1-16-14-19(24(3,4)5)15-17(2)20(16)22(26)21(18-12-10-9-11-13-18)23(27)28-25(6,7)8/h9-15,21H,1-8H3. The van der Waals surface area contributed by atoms with Crippen LogP contribution in [0, 0.1) is 13.8 Å². The second-order valence-corrected chi connectivity index (χ2v) is 9.48. The molecule has 2 rings (SSSR count). The summed E-state index contributed by atoms with van der Waals surface area (Å²) in [5.74, 6) is -1.70. The van der Waals surface area contributed by atoms with Crippen LogP contribution in [-0.4, -0.2) is 17.4 Å². The minimum Gasteiger partial charge on any atom is -0.459 e. The summed E-state index contributed by atoms with van der Waals surface area (Å²) in [6.45, 7) is 15.8. The number of benzene rings is 2. The van der Waals surface area contributed by atoms with Crippen LogP contribution >= 0.6 is 0 Å². The van der Waals surface area contributed by atoms with Gasteiger partial charge in [0.05, 0.1) is 0 Å². The molecule has 0 spiro atoms. The molecule has 0 amide bonds. The lowest BCUT2D eigenvalue weighted by molar-refractivity contribution is -0.155. The van der Waals surface area contributed by atoms with E-state index in [1.807, 2.05) is 52.8 Å². The van der Waals surface area contributed by atoms with E-state index in [9.17, 15) is 9.59 Å². The zero-order valence-corrected chi connectivity index (χ0v) is 18.3. The Labute approximate surface area is 169 Å². The molecule has 0 aliphatic carbocycles. The predicted molar refractivity (Wildman–Crippen MR) is 114 cm³/mol. The van der Waals surface area contributed by atoms with Gasteiger partial charge in [0, 0.05) is 5.56 Å². The topological polar surface area (TPSA) is 43.4 Å². The van der Waals surface area contributed by atoms with E-state index in [-0.39, 0.29) is 11.2 Å². The van der Waals surface area contributed by atoms with Crippen molar-refractivity contribution in [3.63, 3.8) is 0 Å². The average molecular weight is 381 g/mol. The Morgan fingerprint density at radius 2 is 1.36 bits per heavy atom. The van der Waals surface area contributed by atoms with E-state index in [1.165, 1.54) is 5.56 Å². The van der Waals surface area contributed by atoms with E-state index >= 15 is 0 Å². The van der Waals surface area contributed by atoms with E-state index in [0.29, 0.717) is 11.1 Å². The summed E-state index contributed by atoms with van der Waals surface area (Å²) < 4.78 is 5.59. The molecule has 1 atom stereocenters. The predicted octanol–water partition coefficient (Wildman–Crippen LogP) is 5.91. The number of ketones is 1. The Hall–Kier alpha value is -2.42. The Balaban J connectivity index is 2.56. The molecule has 0 bridgehead atoms. The summed E-state index contributed by atoms with van der Waals surface area (Å²) in [4.78, 5) is 26.6. The highest BCUT2D eigenvalue weighted by Crippen LogP contribution is 2.31. The maximum atomic E-state index is 13.6. The van der Waals surface area contributed by atoms with Gasteiger partial charge in [0.2, 0.25) is 0 Å². The van der Waals surface area contributed by atoms with Crippen LogP contribution in [0.15, 0.2) is 42.5 Å². The third-order valence-electron chi connectivity index (χ3n) is 4.68. The zero-order valence-electron chi connectivity index (χ0n) is 18.3. The van der Waals surface area contributed by atoms with Crippen LogP contribution in [-0.2, 0) is 14.9 Å². The first-order valence-corrected chi connectivity index (χ1v) is 9.75. The van der Waals surface area contributed by atoms with Crippen molar-refractivity contribution in [3.8, 4) is 0 Å². The van der Waals surface area contributed by atoms with E-state index in [4.69, 9.17) is 4.74 Å². The average Bonchev–Trinajstić information content (AvgIpc) is 2.52. The number of hydrogen-bond acceptors (Lipinski definition) is 3. The molecule has 3 nitrogen and oxygen atoms in total. The molecular weight excluding hydrogens is 348 g/mol. The quantitative estimate of drug-likeness (QED) is 0.376. The molecule has 0 saturated heterocycles. The van der Waals surface area contributed by atoms with Crippen molar-refractivity contribution in [3.05, 3.63) is 70.3 Å². The molecule has 0 N–H and O–H groups in total. The highest BCUT2D eigenvalue weighted by atomic mass is 16.6. The Kier molecular flexibility index (Phi) is 6.18. The molecule has 3 heteroatoms. The third-order valence-corrected chi connectivity index (χ3v) is 4.68. The van der Waals surface area contributed by atoms with Crippen molar-refractivity contribution in [2.45, 2.75) is 72.3 Å². The number of carbonyl (C=O) groups is 2. The normalized spacial score (nSPS) is 13.1. The van der Waals surface area contributed by atoms with Crippen molar-refractivity contribution in [1.82, 2.24) is 0 Å². The van der Waals surface area contributed by atoms with Gasteiger partial charge in [0.15, 0.2) is 5.78 Å². The lowest BCUT2D eigenvalue weighted by Crippen LogP contribution is -2.32.